The summed E-state index contributed by atoms with van der Waals surface area (Å²) >= 11 is 0. The zero-order chi connectivity index (χ0) is 56.3. The number of likely N-dealkylation sites (N-methyl/N-ethyl adjacent to an activating group) is 1. The number of carbonyl (C=O) groups is 1. The summed E-state index contributed by atoms with van der Waals surface area (Å²) in [6, 6.07) is -0.805. The predicted octanol–water partition coefficient (Wildman–Crippen LogP) is 19.5. The van der Waals surface area contributed by atoms with Gasteiger partial charge in [-0.2, -0.15) is 0 Å². The lowest BCUT2D eigenvalue weighted by atomic mass is 10.0. The molecule has 0 aliphatic heterocycles. The minimum atomic E-state index is -4.58. The van der Waals surface area contributed by atoms with E-state index in [1.165, 1.54) is 161 Å². The summed E-state index contributed by atoms with van der Waals surface area (Å²) in [5, 5.41) is 14.0. The van der Waals surface area contributed by atoms with E-state index in [2.05, 4.69) is 116 Å². The third-order valence-corrected chi connectivity index (χ3v) is 15.1. The van der Waals surface area contributed by atoms with Crippen molar-refractivity contribution in [1.29, 1.82) is 0 Å². The molecule has 0 radical (unpaired) electrons. The second-order valence-electron chi connectivity index (χ2n) is 22.7. The zero-order valence-electron chi connectivity index (χ0n) is 50.9. The summed E-state index contributed by atoms with van der Waals surface area (Å²) in [6.07, 6.45) is 83.1. The molecule has 0 aliphatic rings. The van der Waals surface area contributed by atoms with Gasteiger partial charge < -0.3 is 28.8 Å². The number of phosphoric ester groups is 1. The highest BCUT2D eigenvalue weighted by molar-refractivity contribution is 7.45. The summed E-state index contributed by atoms with van der Waals surface area (Å²) in [4.78, 5) is 25.6. The number of amides is 1. The molecule has 446 valence electrons. The average molecular weight is 1100 g/mol. The van der Waals surface area contributed by atoms with Gasteiger partial charge in [-0.15, -0.1) is 0 Å². The number of hydrogen-bond acceptors (Lipinski definition) is 6. The van der Waals surface area contributed by atoms with Crippen LogP contribution < -0.4 is 10.2 Å². The van der Waals surface area contributed by atoms with Gasteiger partial charge in [-0.1, -0.05) is 291 Å². The Hall–Kier alpha value is -2.58. The fourth-order valence-electron chi connectivity index (χ4n) is 9.12. The van der Waals surface area contributed by atoms with Crippen LogP contribution in [-0.4, -0.2) is 68.5 Å². The van der Waals surface area contributed by atoms with E-state index in [4.69, 9.17) is 9.05 Å². The molecule has 0 fully saturated rings. The molecule has 0 bridgehead atoms. The molecule has 0 aromatic heterocycles. The lowest BCUT2D eigenvalue weighted by Gasteiger charge is -2.30. The first kappa shape index (κ1) is 74.4. The van der Waals surface area contributed by atoms with Gasteiger partial charge in [0.2, 0.25) is 5.91 Å². The molecule has 0 spiro atoms. The van der Waals surface area contributed by atoms with Gasteiger partial charge in [-0.3, -0.25) is 9.36 Å². The Labute approximate surface area is 477 Å². The normalized spacial score (nSPS) is 14.4. The molecule has 2 N–H and O–H groups in total. The van der Waals surface area contributed by atoms with E-state index in [-0.39, 0.29) is 19.1 Å². The van der Waals surface area contributed by atoms with Crippen LogP contribution in [0.3, 0.4) is 0 Å². The number of nitrogens with zero attached hydrogens (tertiary/aromatic N) is 1. The molecule has 0 saturated carbocycles. The largest absolute Gasteiger partial charge is 0.756 e. The van der Waals surface area contributed by atoms with Crippen LogP contribution in [0, 0.1) is 0 Å². The van der Waals surface area contributed by atoms with Crippen LogP contribution >= 0.6 is 7.82 Å². The molecule has 0 aromatic carbocycles. The fourth-order valence-corrected chi connectivity index (χ4v) is 9.84. The Morgan fingerprint density at radius 3 is 1.16 bits per heavy atom. The van der Waals surface area contributed by atoms with E-state index in [9.17, 15) is 19.4 Å². The lowest BCUT2D eigenvalue weighted by Crippen LogP contribution is -2.46. The van der Waals surface area contributed by atoms with Gasteiger partial charge in [-0.25, -0.2) is 0 Å². The summed E-state index contributed by atoms with van der Waals surface area (Å²) in [7, 11) is 1.30. The second kappa shape index (κ2) is 58.1. The highest BCUT2D eigenvalue weighted by Crippen LogP contribution is 2.38. The summed E-state index contributed by atoms with van der Waals surface area (Å²) in [5.74, 6) is -0.166. The maximum absolute atomic E-state index is 13.0. The minimum absolute atomic E-state index is 0.00977. The van der Waals surface area contributed by atoms with E-state index >= 15 is 0 Å². The van der Waals surface area contributed by atoms with E-state index < -0.39 is 20.0 Å². The quantitative estimate of drug-likeness (QED) is 0.0272. The molecule has 0 heterocycles. The molecule has 3 unspecified atom stereocenters. The molecule has 0 aliphatic carbocycles. The molecule has 0 aromatic rings. The highest BCUT2D eigenvalue weighted by atomic mass is 31.2. The maximum atomic E-state index is 13.0. The smallest absolute Gasteiger partial charge is 0.268 e. The monoisotopic (exact) mass is 1090 g/mol. The van der Waals surface area contributed by atoms with E-state index in [0.717, 1.165) is 89.9 Å². The van der Waals surface area contributed by atoms with Crippen molar-refractivity contribution in [2.24, 2.45) is 0 Å². The second-order valence-corrected chi connectivity index (χ2v) is 24.2. The lowest BCUT2D eigenvalue weighted by molar-refractivity contribution is -0.870. The summed E-state index contributed by atoms with van der Waals surface area (Å²) in [6.45, 7) is 4.62. The number of rotatable bonds is 58. The number of allylic oxidation sites excluding steroid dienone is 16. The van der Waals surface area contributed by atoms with E-state index in [0.29, 0.717) is 23.9 Å². The van der Waals surface area contributed by atoms with Gasteiger partial charge in [0.05, 0.1) is 39.9 Å². The topological polar surface area (TPSA) is 108 Å². The molecule has 0 rings (SSSR count). The van der Waals surface area contributed by atoms with Gasteiger partial charge in [-0.05, 0) is 77.0 Å². The highest BCUT2D eigenvalue weighted by Gasteiger charge is 2.24. The Morgan fingerprint density at radius 2 is 0.792 bits per heavy atom. The Bertz CT molecular complexity index is 1570. The van der Waals surface area contributed by atoms with Crippen molar-refractivity contribution in [3.63, 3.8) is 0 Å². The van der Waals surface area contributed by atoms with Gasteiger partial charge in [0.15, 0.2) is 0 Å². The fraction of sp³-hybridized carbons (Fsp3) is 0.750. The Balaban J connectivity index is 4.02. The SMILES string of the molecule is CC/C=C\C/C=C\C/C=C\C/C=C\C/C=C\C/C=C\C/C=C\C/C=C\CCCCCCCCCCCCCCCCC(=O)NC(COP(=O)([O-])OCC[N+](C)(C)C)C(O)CCCCCCCCCCCCCCCCCC. The summed E-state index contributed by atoms with van der Waals surface area (Å²) in [5.41, 5.74) is 0. The predicted molar refractivity (Wildman–Crippen MR) is 334 cm³/mol. The van der Waals surface area contributed by atoms with Gasteiger partial charge in [0.1, 0.15) is 13.2 Å². The summed E-state index contributed by atoms with van der Waals surface area (Å²) < 4.78 is 23.4. The van der Waals surface area contributed by atoms with Crippen molar-refractivity contribution in [2.75, 3.05) is 40.9 Å². The number of hydrogen-bond donors (Lipinski definition) is 2. The van der Waals surface area contributed by atoms with Crippen LogP contribution in [0.2, 0.25) is 0 Å². The minimum Gasteiger partial charge on any atom is -0.756 e. The average Bonchev–Trinajstić information content (AvgIpc) is 3.39. The number of aliphatic hydroxyl groups excluding tert-OH is 1. The first-order chi connectivity index (χ1) is 37.5. The van der Waals surface area contributed by atoms with Crippen LogP contribution in [0.4, 0.5) is 0 Å². The van der Waals surface area contributed by atoms with E-state index in [1.807, 2.05) is 21.1 Å². The van der Waals surface area contributed by atoms with Gasteiger partial charge in [0.25, 0.3) is 7.82 Å². The molecule has 1 amide bonds. The number of unbranched alkanes of at least 4 members (excludes halogenated alkanes) is 29. The van der Waals surface area contributed by atoms with Crippen LogP contribution in [0.25, 0.3) is 0 Å². The van der Waals surface area contributed by atoms with Crippen LogP contribution in [-0.2, 0) is 18.4 Å². The number of nitrogens with one attached hydrogen (secondary N) is 1. The van der Waals surface area contributed by atoms with Crippen LogP contribution in [0.1, 0.15) is 277 Å². The number of quaternary nitrogens is 1. The molecular weight excluding hydrogens is 972 g/mol. The molecular formula is C68H123N2O6P. The van der Waals surface area contributed by atoms with Crippen molar-refractivity contribution < 1.29 is 32.9 Å². The van der Waals surface area contributed by atoms with Crippen molar-refractivity contribution in [3.05, 3.63) is 97.2 Å². The first-order valence-corrected chi connectivity index (χ1v) is 33.5. The van der Waals surface area contributed by atoms with Crippen molar-refractivity contribution in [2.45, 2.75) is 289 Å². The Kier molecular flexibility index (Phi) is 56.1. The van der Waals surface area contributed by atoms with Crippen molar-refractivity contribution in [1.82, 2.24) is 5.32 Å². The van der Waals surface area contributed by atoms with E-state index in [1.54, 1.807) is 0 Å². The molecule has 3 atom stereocenters. The number of aliphatic hydroxyl groups is 1. The van der Waals surface area contributed by atoms with Crippen LogP contribution in [0.15, 0.2) is 97.2 Å². The molecule has 8 nitrogen and oxygen atoms in total. The van der Waals surface area contributed by atoms with Crippen molar-refractivity contribution in [3.8, 4) is 0 Å². The number of carbonyl (C=O) groups excluding carboxylic acids is 1. The standard InChI is InChI=1S/C68H123N2O6P/c1-6-8-10-12-14-16-18-20-22-24-25-26-27-28-29-30-31-32-33-34-35-36-37-38-39-40-41-42-43-44-45-46-48-50-52-54-56-58-60-62-68(72)69-66(65-76-77(73,74)75-64-63-70(3,4)5)67(71)61-59-57-55-53-51-49-47-23-21-19-17-15-13-11-9-7-2/h8,10,14,16,20,22,25-26,28-29,31-32,34-35,37-38,66-67,71H,6-7,9,11-13,15,17-19,21,23-24,27,30,33,36,39-65H2,1-5H3,(H-,69,72,73,74)/b10-8-,16-14-,22-20-,26-25-,29-28-,32-31-,35-34-,38-37-. The van der Waals surface area contributed by atoms with Gasteiger partial charge >= 0.3 is 0 Å². The molecule has 0 saturated heterocycles. The third-order valence-electron chi connectivity index (χ3n) is 14.1. The molecule has 77 heavy (non-hydrogen) atoms. The van der Waals surface area contributed by atoms with Crippen LogP contribution in [0.5, 0.6) is 0 Å². The van der Waals surface area contributed by atoms with Crippen molar-refractivity contribution >= 4 is 13.7 Å². The maximum Gasteiger partial charge on any atom is 0.268 e. The molecule has 9 heteroatoms. The third kappa shape index (κ3) is 60.9. The number of phosphoric acid groups is 1. The first-order valence-electron chi connectivity index (χ1n) is 32.1. The zero-order valence-corrected chi connectivity index (χ0v) is 51.8. The Morgan fingerprint density at radius 1 is 0.468 bits per heavy atom. The van der Waals surface area contributed by atoms with Gasteiger partial charge in [0, 0.05) is 6.42 Å².